The molecule has 41 heavy (non-hydrogen) atoms. The normalized spacial score (nSPS) is 28.6. The van der Waals surface area contributed by atoms with E-state index in [0.29, 0.717) is 11.1 Å². The van der Waals surface area contributed by atoms with Gasteiger partial charge in [-0.05, 0) is 29.3 Å². The fourth-order valence-corrected chi connectivity index (χ4v) is 7.54. The summed E-state index contributed by atoms with van der Waals surface area (Å²) in [4.78, 5) is 40.0. The van der Waals surface area contributed by atoms with E-state index < -0.39 is 80.6 Å². The summed E-state index contributed by atoms with van der Waals surface area (Å²) in [6.45, 7) is 1.45. The van der Waals surface area contributed by atoms with Gasteiger partial charge in [0.2, 0.25) is 11.6 Å². The van der Waals surface area contributed by atoms with Gasteiger partial charge < -0.3 is 40.7 Å². The van der Waals surface area contributed by atoms with Gasteiger partial charge in [0.25, 0.3) is 0 Å². The Morgan fingerprint density at radius 1 is 0.878 bits per heavy atom. The van der Waals surface area contributed by atoms with Crippen LogP contribution in [0.3, 0.4) is 0 Å². The van der Waals surface area contributed by atoms with Crippen LogP contribution in [0.1, 0.15) is 67.4 Å². The minimum atomic E-state index is -2.37. The number of benzene rings is 3. The number of nitrogens with one attached hydrogen (secondary N) is 1. The van der Waals surface area contributed by atoms with Crippen LogP contribution in [0, 0.1) is 5.92 Å². The summed E-state index contributed by atoms with van der Waals surface area (Å²) >= 11 is 0. The molecule has 11 heteroatoms. The number of fused-ring (bicyclic) bond motifs is 7. The molecule has 0 fully saturated rings. The number of rotatable bonds is 2. The summed E-state index contributed by atoms with van der Waals surface area (Å²) in [7, 11) is 1.26. The van der Waals surface area contributed by atoms with E-state index in [2.05, 4.69) is 5.32 Å². The molecule has 4 bridgehead atoms. The molecule has 3 aromatic carbocycles. The minimum Gasteiger partial charge on any atom is -0.507 e. The molecular weight excluding hydrogens is 534 g/mol. The van der Waals surface area contributed by atoms with Crippen molar-refractivity contribution in [3.05, 3.63) is 92.7 Å². The van der Waals surface area contributed by atoms with E-state index in [0.717, 1.165) is 18.2 Å². The van der Waals surface area contributed by atoms with Crippen molar-refractivity contribution in [1.82, 2.24) is 0 Å². The average Bonchev–Trinajstić information content (AvgIpc) is 2.93. The molecule has 0 amide bonds. The highest BCUT2D eigenvalue weighted by atomic mass is 16.5. The molecule has 4 aliphatic rings. The molecule has 0 spiro atoms. The molecule has 5 unspecified atom stereocenters. The van der Waals surface area contributed by atoms with Crippen LogP contribution in [0.4, 0.5) is 5.69 Å². The topological polar surface area (TPSA) is 194 Å². The third-order valence-corrected chi connectivity index (χ3v) is 9.23. The van der Waals surface area contributed by atoms with E-state index >= 15 is 0 Å². The molecule has 0 saturated carbocycles. The van der Waals surface area contributed by atoms with Gasteiger partial charge in [-0.15, -0.1) is 0 Å². The molecule has 3 aliphatic carbocycles. The molecule has 3 aromatic rings. The maximum Gasteiger partial charge on any atom is 0.335 e. The van der Waals surface area contributed by atoms with Gasteiger partial charge in [-0.1, -0.05) is 31.2 Å². The monoisotopic (exact) mass is 557 g/mol. The van der Waals surface area contributed by atoms with Gasteiger partial charge in [-0.3, -0.25) is 9.59 Å². The van der Waals surface area contributed by atoms with Gasteiger partial charge in [0, 0.05) is 11.5 Å². The number of aliphatic hydroxyl groups is 2. The maximum absolute atomic E-state index is 13.9. The molecule has 7 N–H and O–H groups in total. The number of aliphatic carboxylic acids is 1. The van der Waals surface area contributed by atoms with Crippen molar-refractivity contribution in [3.63, 3.8) is 0 Å². The lowest BCUT2D eigenvalue weighted by Gasteiger charge is -2.63. The molecule has 1 aliphatic heterocycles. The van der Waals surface area contributed by atoms with Gasteiger partial charge in [-0.25, -0.2) is 4.79 Å². The highest BCUT2D eigenvalue weighted by Gasteiger charge is 2.73. The van der Waals surface area contributed by atoms with Crippen LogP contribution < -0.4 is 5.32 Å². The van der Waals surface area contributed by atoms with Crippen LogP contribution in [0.15, 0.2) is 53.8 Å². The van der Waals surface area contributed by atoms with Crippen molar-refractivity contribution < 1.29 is 49.8 Å². The number of ketones is 2. The number of phenolic OH excluding ortho intramolecular Hbond substituents is 3. The SMILES string of the molecule is COC1=C(C(=O)O)C(C)C2(O)C3Nc4c(cc(O)c5c4C(=O)c4c(O)ccc(O)c4C5=O)C2(O)C1c1ccccc13. The van der Waals surface area contributed by atoms with Gasteiger partial charge in [0.1, 0.15) is 34.2 Å². The fourth-order valence-electron chi connectivity index (χ4n) is 7.54. The maximum atomic E-state index is 13.9. The second kappa shape index (κ2) is 7.65. The third kappa shape index (κ3) is 2.59. The largest absolute Gasteiger partial charge is 0.507 e. The van der Waals surface area contributed by atoms with Crippen molar-refractivity contribution in [3.8, 4) is 17.2 Å². The van der Waals surface area contributed by atoms with Crippen molar-refractivity contribution >= 4 is 23.2 Å². The van der Waals surface area contributed by atoms with E-state index in [1.807, 2.05) is 0 Å². The third-order valence-electron chi connectivity index (χ3n) is 9.23. The number of carboxylic acid groups (broad SMARTS) is 1. The Balaban J connectivity index is 1.62. The Bertz CT molecular complexity index is 1830. The predicted molar refractivity (Wildman–Crippen MR) is 140 cm³/mol. The van der Waals surface area contributed by atoms with E-state index in [9.17, 15) is 45.0 Å². The summed E-state index contributed by atoms with van der Waals surface area (Å²) in [5, 5.41) is 70.7. The molecule has 0 saturated heterocycles. The van der Waals surface area contributed by atoms with Crippen molar-refractivity contribution in [2.75, 3.05) is 12.4 Å². The van der Waals surface area contributed by atoms with Gasteiger partial charge >= 0.3 is 5.97 Å². The van der Waals surface area contributed by atoms with Crippen LogP contribution in [0.2, 0.25) is 0 Å². The lowest BCUT2D eigenvalue weighted by Crippen LogP contribution is -2.71. The summed E-state index contributed by atoms with van der Waals surface area (Å²) < 4.78 is 5.61. The smallest absolute Gasteiger partial charge is 0.335 e. The highest BCUT2D eigenvalue weighted by Crippen LogP contribution is 2.69. The summed E-state index contributed by atoms with van der Waals surface area (Å²) in [6, 6.07) is 8.74. The number of carbonyl (C=O) groups excluding carboxylic acids is 2. The number of methoxy groups -OCH3 is 1. The molecule has 1 heterocycles. The van der Waals surface area contributed by atoms with Crippen LogP contribution in [-0.2, 0) is 15.1 Å². The summed E-state index contributed by atoms with van der Waals surface area (Å²) in [6.07, 6.45) is 0. The molecule has 0 radical (unpaired) electrons. The number of phenols is 3. The van der Waals surface area contributed by atoms with Crippen LogP contribution in [0.5, 0.6) is 17.2 Å². The zero-order valence-electron chi connectivity index (χ0n) is 21.6. The highest BCUT2D eigenvalue weighted by molar-refractivity contribution is 6.33. The second-order valence-electron chi connectivity index (χ2n) is 10.8. The van der Waals surface area contributed by atoms with Gasteiger partial charge in [-0.2, -0.15) is 0 Å². The van der Waals surface area contributed by atoms with Crippen LogP contribution in [-0.4, -0.2) is 60.9 Å². The second-order valence-corrected chi connectivity index (χ2v) is 10.8. The van der Waals surface area contributed by atoms with Crippen molar-refractivity contribution in [2.45, 2.75) is 30.1 Å². The standard InChI is InChI=1S/C30H23NO10/c1-10-17(28(37)38)26(41-2)22-11-5-3-4-6-12(11)27-29(10,39)30(22,40)13-9-16(34)20-21(23(13)31-27)25(36)19-15(33)8-7-14(32)18(19)24(20)35/h3-10,22,27,31-34,39-40H,1-2H3,(H,37,38). The number of hydrogen-bond acceptors (Lipinski definition) is 10. The Kier molecular flexibility index (Phi) is 4.69. The quantitative estimate of drug-likeness (QED) is 0.179. The Morgan fingerprint density at radius 2 is 1.44 bits per heavy atom. The molecule has 208 valence electrons. The minimum absolute atomic E-state index is 0.0809. The van der Waals surface area contributed by atoms with E-state index in [1.165, 1.54) is 14.0 Å². The molecule has 7 rings (SSSR count). The van der Waals surface area contributed by atoms with E-state index in [1.54, 1.807) is 24.3 Å². The molecule has 0 aromatic heterocycles. The van der Waals surface area contributed by atoms with E-state index in [-0.39, 0.29) is 28.1 Å². The number of carbonyl (C=O) groups is 3. The zero-order valence-corrected chi connectivity index (χ0v) is 21.6. The lowest BCUT2D eigenvalue weighted by atomic mass is 9.48. The first-order valence-corrected chi connectivity index (χ1v) is 12.8. The number of carboxylic acids is 1. The van der Waals surface area contributed by atoms with E-state index in [4.69, 9.17) is 4.74 Å². The first kappa shape index (κ1) is 25.1. The number of aromatic hydroxyl groups is 3. The number of hydrogen-bond donors (Lipinski definition) is 7. The zero-order chi connectivity index (χ0) is 29.3. The fraction of sp³-hybridized carbons (Fsp3) is 0.233. The van der Waals surface area contributed by atoms with Crippen molar-refractivity contribution in [2.24, 2.45) is 5.92 Å². The first-order valence-electron chi connectivity index (χ1n) is 12.8. The number of anilines is 1. The van der Waals surface area contributed by atoms with Crippen LogP contribution >= 0.6 is 0 Å². The summed E-state index contributed by atoms with van der Waals surface area (Å²) in [5.74, 6) is -7.65. The predicted octanol–water partition coefficient (Wildman–Crippen LogP) is 2.40. The van der Waals surface area contributed by atoms with Gasteiger partial charge in [0.05, 0.1) is 52.6 Å². The average molecular weight is 558 g/mol. The van der Waals surface area contributed by atoms with Gasteiger partial charge in [0.15, 0.2) is 0 Å². The molecular formula is C30H23NO10. The molecule has 11 nitrogen and oxygen atoms in total. The number of ether oxygens (including phenoxy) is 1. The lowest BCUT2D eigenvalue weighted by molar-refractivity contribution is -0.221. The van der Waals surface area contributed by atoms with Crippen LogP contribution in [0.25, 0.3) is 0 Å². The Hall–Kier alpha value is -4.87. The summed E-state index contributed by atoms with van der Waals surface area (Å²) in [5.41, 5.74) is -5.90. The molecule has 5 atom stereocenters. The first-order chi connectivity index (χ1) is 19.4. The Morgan fingerprint density at radius 3 is 2.02 bits per heavy atom. The van der Waals surface area contributed by atoms with Crippen molar-refractivity contribution in [1.29, 1.82) is 0 Å². The Labute approximate surface area is 231 Å².